The molecule has 0 spiro atoms. The van der Waals surface area contributed by atoms with Crippen molar-refractivity contribution in [1.29, 1.82) is 0 Å². The van der Waals surface area contributed by atoms with Crippen LogP contribution in [0.1, 0.15) is 113 Å². The monoisotopic (exact) mass is 1480 g/mol. The van der Waals surface area contributed by atoms with E-state index < -0.39 is 0 Å². The predicted molar refractivity (Wildman–Crippen MR) is 460 cm³/mol. The lowest BCUT2D eigenvalue weighted by molar-refractivity contribution is 0.275. The number of rotatable bonds is 24. The number of aromatic nitrogens is 8. The zero-order valence-electron chi connectivity index (χ0n) is 62.3. The number of ether oxygens (including phenoxy) is 4. The van der Waals surface area contributed by atoms with Crippen molar-refractivity contribution in [2.45, 2.75) is 50.1 Å². The second-order valence-corrected chi connectivity index (χ2v) is 29.9. The van der Waals surface area contributed by atoms with E-state index in [1.165, 1.54) is 87.6 Å². The number of nitrogens with one attached hydrogen (secondary N) is 8. The van der Waals surface area contributed by atoms with Crippen molar-refractivity contribution in [3.63, 3.8) is 0 Å². The molecule has 8 heterocycles. The minimum Gasteiger partial charge on any atom is -0.489 e. The Morgan fingerprint density at radius 1 is 0.175 bits per heavy atom. The van der Waals surface area contributed by atoms with E-state index in [2.05, 4.69) is 393 Å². The van der Waals surface area contributed by atoms with Crippen molar-refractivity contribution in [2.75, 3.05) is 0 Å². The average molecular weight is 1480 g/mol. The number of H-pyrrole nitrogens is 8. The summed E-state index contributed by atoms with van der Waals surface area (Å²) < 4.78 is 28.1. The van der Waals surface area contributed by atoms with Crippen LogP contribution in [-0.4, -0.2) is 39.9 Å². The molecule has 0 atom stereocenters. The third-order valence-electron chi connectivity index (χ3n) is 23.4. The van der Waals surface area contributed by atoms with Gasteiger partial charge in [0.25, 0.3) is 0 Å². The molecule has 550 valence electrons. The van der Waals surface area contributed by atoms with E-state index >= 15 is 0 Å². The van der Waals surface area contributed by atoms with Crippen LogP contribution >= 0.6 is 0 Å². The fraction of sp³-hybridized carbons (Fsp3) is 0.0784. The normalized spacial score (nSPS) is 12.0. The van der Waals surface area contributed by atoms with Gasteiger partial charge < -0.3 is 58.8 Å². The van der Waals surface area contributed by atoms with Gasteiger partial charge in [-0.3, -0.25) is 0 Å². The molecule has 13 aromatic carbocycles. The molecule has 12 nitrogen and oxygen atoms in total. The molecule has 0 aliphatic heterocycles. The lowest BCUT2D eigenvalue weighted by atomic mass is 9.85. The van der Waals surface area contributed by atoms with E-state index in [-0.39, 0.29) is 50.1 Å². The number of para-hydroxylation sites is 8. The van der Waals surface area contributed by atoms with Crippen LogP contribution in [0.5, 0.6) is 23.0 Å². The highest BCUT2D eigenvalue weighted by Crippen LogP contribution is 2.46. The van der Waals surface area contributed by atoms with Gasteiger partial charge in [-0.15, -0.1) is 0 Å². The number of aromatic amines is 8. The maximum atomic E-state index is 7.03. The molecule has 0 saturated carbocycles. The van der Waals surface area contributed by atoms with Crippen LogP contribution in [0.15, 0.2) is 353 Å². The maximum absolute atomic E-state index is 7.03. The fourth-order valence-electron chi connectivity index (χ4n) is 17.8. The smallest absolute Gasteiger partial charge is 0.119 e. The number of hydrogen-bond acceptors (Lipinski definition) is 4. The first-order chi connectivity index (χ1) is 56.5. The van der Waals surface area contributed by atoms with Gasteiger partial charge in [0.1, 0.15) is 49.4 Å². The van der Waals surface area contributed by atoms with E-state index in [4.69, 9.17) is 18.9 Å². The highest BCUT2D eigenvalue weighted by atomic mass is 16.5. The molecule has 12 heteroatoms. The third kappa shape index (κ3) is 12.5. The summed E-state index contributed by atoms with van der Waals surface area (Å²) >= 11 is 0. The highest BCUT2D eigenvalue weighted by Gasteiger charge is 2.29. The molecule has 0 bridgehead atoms. The van der Waals surface area contributed by atoms with Crippen molar-refractivity contribution < 1.29 is 18.9 Å². The van der Waals surface area contributed by atoms with Crippen LogP contribution in [0.2, 0.25) is 0 Å². The molecular formula is C102H78N8O4. The summed E-state index contributed by atoms with van der Waals surface area (Å²) in [5.41, 5.74) is 26.8. The zero-order valence-corrected chi connectivity index (χ0v) is 62.3. The Balaban J connectivity index is 0.642. The molecule has 0 radical (unpaired) electrons. The quantitative estimate of drug-likeness (QED) is 0.0302. The topological polar surface area (TPSA) is 163 Å². The van der Waals surface area contributed by atoms with E-state index in [0.717, 1.165) is 112 Å². The van der Waals surface area contributed by atoms with Crippen molar-refractivity contribution in [2.24, 2.45) is 0 Å². The van der Waals surface area contributed by atoms with Crippen molar-refractivity contribution in [3.05, 3.63) is 442 Å². The molecule has 8 aromatic heterocycles. The second kappa shape index (κ2) is 29.0. The van der Waals surface area contributed by atoms with E-state index in [0.29, 0.717) is 0 Å². The maximum Gasteiger partial charge on any atom is 0.119 e. The lowest BCUT2D eigenvalue weighted by Crippen LogP contribution is -2.11. The molecule has 114 heavy (non-hydrogen) atoms. The first-order valence-corrected chi connectivity index (χ1v) is 39.0. The molecule has 0 aliphatic rings. The Labute approximate surface area is 657 Å². The summed E-state index contributed by atoms with van der Waals surface area (Å²) in [4.78, 5) is 28.6. The van der Waals surface area contributed by atoms with E-state index in [1.54, 1.807) is 0 Å². The number of hydrogen-bond donors (Lipinski definition) is 8. The first-order valence-electron chi connectivity index (χ1n) is 39.0. The van der Waals surface area contributed by atoms with Crippen LogP contribution in [0.4, 0.5) is 0 Å². The van der Waals surface area contributed by atoms with Gasteiger partial charge in [0.15, 0.2) is 0 Å². The zero-order chi connectivity index (χ0) is 75.4. The number of benzene rings is 13. The van der Waals surface area contributed by atoms with Gasteiger partial charge in [-0.1, -0.05) is 194 Å². The van der Waals surface area contributed by atoms with Crippen LogP contribution in [0.3, 0.4) is 0 Å². The summed E-state index contributed by atoms with van der Waals surface area (Å²) in [5, 5.41) is 9.49. The number of fused-ring (bicyclic) bond motifs is 8. The molecule has 0 fully saturated rings. The summed E-state index contributed by atoms with van der Waals surface area (Å²) in [6.07, 6.45) is 17.3. The fourth-order valence-corrected chi connectivity index (χ4v) is 17.8. The summed E-state index contributed by atoms with van der Waals surface area (Å²) in [6, 6.07) is 107. The molecule has 0 saturated heterocycles. The molecule has 0 unspecified atom stereocenters. The van der Waals surface area contributed by atoms with Gasteiger partial charge in [0, 0.05) is 160 Å². The van der Waals surface area contributed by atoms with E-state index in [1.807, 2.05) is 0 Å². The highest BCUT2D eigenvalue weighted by molar-refractivity contribution is 5.94. The van der Waals surface area contributed by atoms with Gasteiger partial charge in [0.05, 0.1) is 0 Å². The molecule has 8 N–H and O–H groups in total. The summed E-state index contributed by atoms with van der Waals surface area (Å²) in [5.74, 6) is 2.66. The Morgan fingerprint density at radius 3 is 0.482 bits per heavy atom. The van der Waals surface area contributed by atoms with Gasteiger partial charge in [-0.2, -0.15) is 0 Å². The van der Waals surface area contributed by atoms with Crippen LogP contribution in [-0.2, 0) is 26.4 Å². The molecule has 21 aromatic rings. The summed E-state index contributed by atoms with van der Waals surface area (Å²) in [6.45, 7) is 0.959. The lowest BCUT2D eigenvalue weighted by Gasteiger charge is -2.21. The minimum atomic E-state index is -0.0727. The molecule has 0 amide bonds. The third-order valence-corrected chi connectivity index (χ3v) is 23.4. The van der Waals surface area contributed by atoms with Gasteiger partial charge in [-0.05, 0) is 198 Å². The SMILES string of the molecule is c1ccc2c(C(c3ccc(OCc4cc(COc5ccc(C(c6c[nH]c7ccccc67)c6c[nH]c7ccccc67)cc5)c(COc5ccc(C(c6c[nH]c7ccccc67)c6c[nH]c7ccccc67)cc5)cc4COc4ccc(C(c5c[nH]c6ccccc56)c5c[nH]c6ccccc56)cc4)cc3)c3c[nH]c4ccccc34)c[nH]c2c1. The first kappa shape index (κ1) is 67.5. The molecule has 21 rings (SSSR count). The van der Waals surface area contributed by atoms with Crippen molar-refractivity contribution >= 4 is 87.2 Å². The summed E-state index contributed by atoms with van der Waals surface area (Å²) in [7, 11) is 0. The van der Waals surface area contributed by atoms with E-state index in [9.17, 15) is 0 Å². The van der Waals surface area contributed by atoms with Gasteiger partial charge in [-0.25, -0.2) is 0 Å². The Morgan fingerprint density at radius 2 is 0.325 bits per heavy atom. The Kier molecular flexibility index (Phi) is 17.2. The van der Waals surface area contributed by atoms with Gasteiger partial charge in [0.2, 0.25) is 0 Å². The standard InChI is InChI=1S/C102H78N8O4/c1-9-25-91-75(17-1)83(51-103-91)99(84-52-104-92-26-10-2-18-76(84)92)63-33-41-71(42-34-63)111-59-67-49-69(61-113-73-45-37-65(38-46-73)101(87-55-107-95-29-13-5-21-79(87)95)88-56-108-96-30-14-6-22-80(88)96)70(62-114-74-47-39-66(40-48-74)102(89-57-109-97-31-15-7-23-81(89)97)90-58-110-98-32-16-8-24-82(90)98)50-68(67)60-112-72-43-35-64(36-44-72)100(85-53-105-93-27-11-3-19-77(85)93)86-54-106-94-28-12-4-20-78(86)94/h1-58,99-110H,59-62H2. The predicted octanol–water partition coefficient (Wildman–Crippen LogP) is 24.6. The average Bonchev–Trinajstić information content (AvgIpc) is 1.61. The largest absolute Gasteiger partial charge is 0.489 e. The van der Waals surface area contributed by atoms with Crippen molar-refractivity contribution in [1.82, 2.24) is 39.9 Å². The van der Waals surface area contributed by atoms with Crippen LogP contribution in [0, 0.1) is 0 Å². The van der Waals surface area contributed by atoms with Gasteiger partial charge >= 0.3 is 0 Å². The Hall–Kier alpha value is -14.6. The molecular weight excluding hydrogens is 1400 g/mol. The Bertz CT molecular complexity index is 5910. The van der Waals surface area contributed by atoms with Crippen molar-refractivity contribution in [3.8, 4) is 23.0 Å². The van der Waals surface area contributed by atoms with Crippen LogP contribution in [0.25, 0.3) is 87.2 Å². The minimum absolute atomic E-state index is 0.0727. The van der Waals surface area contributed by atoms with Crippen LogP contribution < -0.4 is 18.9 Å². The second-order valence-electron chi connectivity index (χ2n) is 29.9. The molecule has 0 aliphatic carbocycles.